The number of carbonyl (C=O) groups excluding carboxylic acids is 4. The molecule has 1 aliphatic rings. The SMILES string of the molecule is Cc1ccc([C@]2(C)NC(=O)N(CC(=O)O[C@H](C)C(=O)Nc3cccc(C)c3)C2=O)cc1. The van der Waals surface area contributed by atoms with Crippen LogP contribution in [0.3, 0.4) is 0 Å². The minimum atomic E-state index is -1.28. The fraction of sp³-hybridized carbons (Fsp3) is 0.304. The van der Waals surface area contributed by atoms with Crippen LogP contribution in [-0.4, -0.2) is 41.4 Å². The number of benzene rings is 2. The number of amides is 4. The van der Waals surface area contributed by atoms with Gasteiger partial charge in [-0.15, -0.1) is 0 Å². The summed E-state index contributed by atoms with van der Waals surface area (Å²) in [5.74, 6) is -1.93. The Kier molecular flexibility index (Phi) is 6.10. The van der Waals surface area contributed by atoms with Gasteiger partial charge in [-0.1, -0.05) is 42.0 Å². The molecule has 4 amide bonds. The number of esters is 1. The Morgan fingerprint density at radius 1 is 1.10 bits per heavy atom. The maximum Gasteiger partial charge on any atom is 0.327 e. The third kappa shape index (κ3) is 4.74. The maximum absolute atomic E-state index is 12.9. The first-order valence-electron chi connectivity index (χ1n) is 9.88. The van der Waals surface area contributed by atoms with Crippen molar-refractivity contribution in [3.63, 3.8) is 0 Å². The third-order valence-corrected chi connectivity index (χ3v) is 5.15. The average Bonchev–Trinajstić information content (AvgIpc) is 2.92. The second-order valence-corrected chi connectivity index (χ2v) is 7.80. The first-order valence-corrected chi connectivity index (χ1v) is 9.88. The van der Waals surface area contributed by atoms with E-state index < -0.39 is 42.0 Å². The molecule has 1 aliphatic heterocycles. The number of hydrogen-bond donors (Lipinski definition) is 2. The van der Waals surface area contributed by atoms with Gasteiger partial charge in [0.2, 0.25) is 0 Å². The zero-order chi connectivity index (χ0) is 22.8. The number of ether oxygens (including phenoxy) is 1. The highest BCUT2D eigenvalue weighted by atomic mass is 16.5. The number of urea groups is 1. The van der Waals surface area contributed by atoms with Crippen LogP contribution in [0.1, 0.15) is 30.5 Å². The topological polar surface area (TPSA) is 105 Å². The molecule has 2 aromatic rings. The molecule has 0 saturated carbocycles. The molecule has 0 aliphatic carbocycles. The van der Waals surface area contributed by atoms with Crippen molar-refractivity contribution in [1.29, 1.82) is 0 Å². The van der Waals surface area contributed by atoms with Crippen LogP contribution in [0.4, 0.5) is 10.5 Å². The van der Waals surface area contributed by atoms with E-state index in [1.807, 2.05) is 32.0 Å². The minimum absolute atomic E-state index is 0.513. The third-order valence-electron chi connectivity index (χ3n) is 5.15. The largest absolute Gasteiger partial charge is 0.451 e. The van der Waals surface area contributed by atoms with Crippen molar-refractivity contribution in [2.45, 2.75) is 39.3 Å². The molecule has 1 heterocycles. The molecule has 162 valence electrons. The number of nitrogens with zero attached hydrogens (tertiary/aromatic N) is 1. The van der Waals surface area contributed by atoms with Crippen LogP contribution in [0, 0.1) is 13.8 Å². The molecule has 8 nitrogen and oxygen atoms in total. The monoisotopic (exact) mass is 423 g/mol. The second kappa shape index (κ2) is 8.59. The number of aryl methyl sites for hydroxylation is 2. The Balaban J connectivity index is 1.62. The van der Waals surface area contributed by atoms with Gasteiger partial charge in [-0.2, -0.15) is 0 Å². The number of anilines is 1. The van der Waals surface area contributed by atoms with Gasteiger partial charge in [0.05, 0.1) is 0 Å². The Labute approximate surface area is 180 Å². The number of imide groups is 1. The van der Waals surface area contributed by atoms with E-state index in [-0.39, 0.29) is 0 Å². The van der Waals surface area contributed by atoms with Crippen molar-refractivity contribution >= 4 is 29.5 Å². The van der Waals surface area contributed by atoms with Gasteiger partial charge in [-0.25, -0.2) is 4.79 Å². The van der Waals surface area contributed by atoms with Gasteiger partial charge in [0.25, 0.3) is 11.8 Å². The van der Waals surface area contributed by atoms with E-state index in [1.54, 1.807) is 37.3 Å². The van der Waals surface area contributed by atoms with Gasteiger partial charge in [-0.3, -0.25) is 19.3 Å². The van der Waals surface area contributed by atoms with Crippen LogP contribution >= 0.6 is 0 Å². The minimum Gasteiger partial charge on any atom is -0.451 e. The summed E-state index contributed by atoms with van der Waals surface area (Å²) < 4.78 is 5.14. The average molecular weight is 423 g/mol. The summed E-state index contributed by atoms with van der Waals surface area (Å²) in [6.07, 6.45) is -1.10. The van der Waals surface area contributed by atoms with Crippen LogP contribution in [0.5, 0.6) is 0 Å². The molecule has 1 saturated heterocycles. The summed E-state index contributed by atoms with van der Waals surface area (Å²) in [6, 6.07) is 13.7. The highest BCUT2D eigenvalue weighted by Crippen LogP contribution is 2.29. The molecule has 2 aromatic carbocycles. The zero-order valence-electron chi connectivity index (χ0n) is 17.9. The Morgan fingerprint density at radius 2 is 1.77 bits per heavy atom. The normalized spacial score (nSPS) is 19.0. The molecule has 0 radical (unpaired) electrons. The predicted octanol–water partition coefficient (Wildman–Crippen LogP) is 2.64. The zero-order valence-corrected chi connectivity index (χ0v) is 17.9. The molecule has 1 fully saturated rings. The highest BCUT2D eigenvalue weighted by molar-refractivity contribution is 6.09. The van der Waals surface area contributed by atoms with Gasteiger partial charge < -0.3 is 15.4 Å². The number of rotatable bonds is 6. The number of hydrogen-bond acceptors (Lipinski definition) is 5. The van der Waals surface area contributed by atoms with Crippen molar-refractivity contribution in [2.24, 2.45) is 0 Å². The quantitative estimate of drug-likeness (QED) is 0.549. The lowest BCUT2D eigenvalue weighted by Gasteiger charge is -2.22. The Morgan fingerprint density at radius 3 is 2.42 bits per heavy atom. The summed E-state index contributed by atoms with van der Waals surface area (Å²) in [4.78, 5) is 50.7. The lowest BCUT2D eigenvalue weighted by Crippen LogP contribution is -2.42. The molecule has 31 heavy (non-hydrogen) atoms. The fourth-order valence-corrected chi connectivity index (χ4v) is 3.31. The van der Waals surface area contributed by atoms with Crippen molar-refractivity contribution in [1.82, 2.24) is 10.2 Å². The lowest BCUT2D eigenvalue weighted by atomic mass is 9.91. The maximum atomic E-state index is 12.9. The highest BCUT2D eigenvalue weighted by Gasteiger charge is 2.49. The molecule has 2 N–H and O–H groups in total. The van der Waals surface area contributed by atoms with Gasteiger partial charge >= 0.3 is 12.0 Å². The van der Waals surface area contributed by atoms with E-state index in [4.69, 9.17) is 4.74 Å². The molecule has 0 unspecified atom stereocenters. The molecular weight excluding hydrogens is 398 g/mol. The molecule has 0 bridgehead atoms. The van der Waals surface area contributed by atoms with Crippen molar-refractivity contribution < 1.29 is 23.9 Å². The standard InChI is InChI=1S/C23H25N3O5/c1-14-8-10-17(11-9-14)23(4)21(29)26(22(30)25-23)13-19(27)31-16(3)20(28)24-18-7-5-6-15(2)12-18/h5-12,16H,13H2,1-4H3,(H,24,28)(H,25,30)/t16-,23+/m1/s1. The Hall–Kier alpha value is -3.68. The molecule has 2 atom stereocenters. The number of nitrogens with one attached hydrogen (secondary N) is 2. The van der Waals surface area contributed by atoms with Crippen molar-refractivity contribution in [2.75, 3.05) is 11.9 Å². The van der Waals surface area contributed by atoms with E-state index in [0.29, 0.717) is 11.3 Å². The van der Waals surface area contributed by atoms with Crippen LogP contribution < -0.4 is 10.6 Å². The second-order valence-electron chi connectivity index (χ2n) is 7.80. The number of carbonyl (C=O) groups is 4. The predicted molar refractivity (Wildman–Crippen MR) is 114 cm³/mol. The fourth-order valence-electron chi connectivity index (χ4n) is 3.31. The van der Waals surface area contributed by atoms with Crippen molar-refractivity contribution in [3.8, 4) is 0 Å². The summed E-state index contributed by atoms with van der Waals surface area (Å²) >= 11 is 0. The van der Waals surface area contributed by atoms with E-state index in [0.717, 1.165) is 16.0 Å². The van der Waals surface area contributed by atoms with Crippen molar-refractivity contribution in [3.05, 3.63) is 65.2 Å². The van der Waals surface area contributed by atoms with Gasteiger partial charge in [0.1, 0.15) is 12.1 Å². The lowest BCUT2D eigenvalue weighted by molar-refractivity contribution is -0.155. The molecule has 8 heteroatoms. The van der Waals surface area contributed by atoms with E-state index in [9.17, 15) is 19.2 Å². The molecule has 0 spiro atoms. The van der Waals surface area contributed by atoms with E-state index in [2.05, 4.69) is 10.6 Å². The molecule has 3 rings (SSSR count). The van der Waals surface area contributed by atoms with Crippen LogP contribution in [0.15, 0.2) is 48.5 Å². The first kappa shape index (κ1) is 22.0. The first-order chi connectivity index (χ1) is 14.6. The van der Waals surface area contributed by atoms with Gasteiger partial charge in [0.15, 0.2) is 6.10 Å². The van der Waals surface area contributed by atoms with Gasteiger partial charge in [-0.05, 0) is 51.0 Å². The smallest absolute Gasteiger partial charge is 0.327 e. The summed E-state index contributed by atoms with van der Waals surface area (Å²) in [5.41, 5.74) is 1.90. The molecular formula is C23H25N3O5. The van der Waals surface area contributed by atoms with E-state index >= 15 is 0 Å². The van der Waals surface area contributed by atoms with Crippen LogP contribution in [0.2, 0.25) is 0 Å². The summed E-state index contributed by atoms with van der Waals surface area (Å²) in [6.45, 7) is 6.22. The van der Waals surface area contributed by atoms with Crippen LogP contribution in [-0.2, 0) is 24.7 Å². The van der Waals surface area contributed by atoms with E-state index in [1.165, 1.54) is 6.92 Å². The molecule has 0 aromatic heterocycles. The summed E-state index contributed by atoms with van der Waals surface area (Å²) in [5, 5.41) is 5.30. The van der Waals surface area contributed by atoms with Crippen LogP contribution in [0.25, 0.3) is 0 Å². The van der Waals surface area contributed by atoms with Gasteiger partial charge in [0, 0.05) is 5.69 Å². The summed E-state index contributed by atoms with van der Waals surface area (Å²) in [7, 11) is 0. The Bertz CT molecular complexity index is 1030.